The highest BCUT2D eigenvalue weighted by Gasteiger charge is 2.24. The van der Waals surface area contributed by atoms with E-state index in [0.29, 0.717) is 13.1 Å². The molecule has 84 valence electrons. The van der Waals surface area contributed by atoms with E-state index in [1.165, 1.54) is 0 Å². The first-order valence-corrected chi connectivity index (χ1v) is 5.33. The average Bonchev–Trinajstić information content (AvgIpc) is 2.30. The Morgan fingerprint density at radius 3 is 2.47 bits per heavy atom. The van der Waals surface area contributed by atoms with Crippen molar-refractivity contribution in [2.24, 2.45) is 0 Å². The molecule has 1 unspecified atom stereocenters. The van der Waals surface area contributed by atoms with Gasteiger partial charge in [-0.3, -0.25) is 4.90 Å². The van der Waals surface area contributed by atoms with Gasteiger partial charge in [0.1, 0.15) is 0 Å². The number of nitrogens with one attached hydrogen (secondary N) is 1. The van der Waals surface area contributed by atoms with Crippen LogP contribution in [0.15, 0.2) is 0 Å². The summed E-state index contributed by atoms with van der Waals surface area (Å²) < 4.78 is 0. The monoisotopic (exact) mass is 210 g/mol. The molecule has 1 N–H and O–H groups in total. The molecule has 1 aliphatic rings. The zero-order chi connectivity index (χ0) is 11.3. The van der Waals surface area contributed by atoms with E-state index in [9.17, 15) is 4.79 Å². The van der Waals surface area contributed by atoms with Crippen LogP contribution in [-0.4, -0.2) is 55.1 Å². The molecule has 1 atom stereocenters. The number of hydrogen-bond donors (Lipinski definition) is 1. The normalized spacial score (nSPS) is 19.4. The highest BCUT2D eigenvalue weighted by molar-refractivity contribution is 5.73. The van der Waals surface area contributed by atoms with Crippen molar-refractivity contribution in [2.45, 2.75) is 19.4 Å². The number of nitrogens with zero attached hydrogens (tertiary/aromatic N) is 3. The lowest BCUT2D eigenvalue weighted by atomic mass is 10.2. The maximum absolute atomic E-state index is 11.3. The van der Waals surface area contributed by atoms with Crippen LogP contribution in [0.1, 0.15) is 13.3 Å². The maximum atomic E-state index is 11.3. The predicted molar refractivity (Wildman–Crippen MR) is 57.3 cm³/mol. The van der Waals surface area contributed by atoms with Gasteiger partial charge in [-0.1, -0.05) is 6.92 Å². The number of carbonyl (C=O) groups excluding carboxylic acids is 1. The van der Waals surface area contributed by atoms with Crippen LogP contribution < -0.4 is 5.32 Å². The Kier molecular flexibility index (Phi) is 4.37. The van der Waals surface area contributed by atoms with Crippen molar-refractivity contribution in [3.63, 3.8) is 0 Å². The quantitative estimate of drug-likeness (QED) is 0.710. The number of carbonyl (C=O) groups is 1. The molecule has 0 aliphatic carbocycles. The highest BCUT2D eigenvalue weighted by Crippen LogP contribution is 2.08. The van der Waals surface area contributed by atoms with Gasteiger partial charge in [-0.25, -0.2) is 4.79 Å². The molecule has 15 heavy (non-hydrogen) atoms. The molecule has 0 saturated carbocycles. The number of nitriles is 1. The van der Waals surface area contributed by atoms with Crippen LogP contribution in [0.3, 0.4) is 0 Å². The number of hydrogen-bond acceptors (Lipinski definition) is 3. The van der Waals surface area contributed by atoms with E-state index in [1.54, 1.807) is 11.9 Å². The van der Waals surface area contributed by atoms with Crippen molar-refractivity contribution < 1.29 is 4.79 Å². The minimum atomic E-state index is -0.0281. The third-order valence-corrected chi connectivity index (χ3v) is 2.79. The van der Waals surface area contributed by atoms with Gasteiger partial charge in [0.2, 0.25) is 0 Å². The van der Waals surface area contributed by atoms with Crippen molar-refractivity contribution in [3.05, 3.63) is 0 Å². The fourth-order valence-corrected chi connectivity index (χ4v) is 1.83. The van der Waals surface area contributed by atoms with E-state index in [4.69, 9.17) is 5.26 Å². The molecule has 0 aromatic rings. The van der Waals surface area contributed by atoms with Crippen molar-refractivity contribution >= 4 is 6.03 Å². The Balaban J connectivity index is 2.42. The van der Waals surface area contributed by atoms with E-state index in [0.717, 1.165) is 19.5 Å². The van der Waals surface area contributed by atoms with Gasteiger partial charge in [0.05, 0.1) is 12.1 Å². The first kappa shape index (κ1) is 11.8. The van der Waals surface area contributed by atoms with E-state index >= 15 is 0 Å². The summed E-state index contributed by atoms with van der Waals surface area (Å²) in [5, 5.41) is 11.5. The van der Waals surface area contributed by atoms with Crippen molar-refractivity contribution in [3.8, 4) is 6.07 Å². The maximum Gasteiger partial charge on any atom is 0.317 e. The Hall–Kier alpha value is -1.28. The molecule has 1 saturated heterocycles. The second-order valence-electron chi connectivity index (χ2n) is 3.63. The largest absolute Gasteiger partial charge is 0.341 e. The molecule has 1 fully saturated rings. The molecule has 5 heteroatoms. The Morgan fingerprint density at radius 2 is 2.07 bits per heavy atom. The Morgan fingerprint density at radius 1 is 1.47 bits per heavy atom. The highest BCUT2D eigenvalue weighted by atomic mass is 16.2. The van der Waals surface area contributed by atoms with Gasteiger partial charge in [-0.15, -0.1) is 0 Å². The Bertz CT molecular complexity index is 253. The Labute approximate surface area is 90.6 Å². The van der Waals surface area contributed by atoms with Gasteiger partial charge in [0, 0.05) is 33.2 Å². The zero-order valence-corrected chi connectivity index (χ0v) is 9.36. The summed E-state index contributed by atoms with van der Waals surface area (Å²) >= 11 is 0. The summed E-state index contributed by atoms with van der Waals surface area (Å²) in [7, 11) is 1.64. The van der Waals surface area contributed by atoms with Gasteiger partial charge >= 0.3 is 6.03 Å². The molecular formula is C10H18N4O. The van der Waals surface area contributed by atoms with Crippen molar-refractivity contribution in [2.75, 3.05) is 33.2 Å². The van der Waals surface area contributed by atoms with Gasteiger partial charge in [0.25, 0.3) is 0 Å². The topological polar surface area (TPSA) is 59.4 Å². The van der Waals surface area contributed by atoms with Crippen LogP contribution in [0, 0.1) is 11.3 Å². The van der Waals surface area contributed by atoms with Gasteiger partial charge in [-0.05, 0) is 6.42 Å². The molecule has 0 aromatic heterocycles. The van der Waals surface area contributed by atoms with Crippen LogP contribution in [0.4, 0.5) is 4.79 Å². The molecule has 2 amide bonds. The SMILES string of the molecule is CCC(C#N)N1CCN(C(=O)NC)CC1. The molecule has 5 nitrogen and oxygen atoms in total. The summed E-state index contributed by atoms with van der Waals surface area (Å²) in [6.45, 7) is 5.01. The van der Waals surface area contributed by atoms with Gasteiger partial charge in [-0.2, -0.15) is 5.26 Å². The molecule has 0 radical (unpaired) electrons. The smallest absolute Gasteiger partial charge is 0.317 e. The predicted octanol–water partition coefficient (Wildman–Crippen LogP) is 0.246. The van der Waals surface area contributed by atoms with Crippen LogP contribution in [0.2, 0.25) is 0 Å². The lowest BCUT2D eigenvalue weighted by Gasteiger charge is -2.36. The summed E-state index contributed by atoms with van der Waals surface area (Å²) in [5.74, 6) is 0. The zero-order valence-electron chi connectivity index (χ0n) is 9.36. The molecule has 1 heterocycles. The van der Waals surface area contributed by atoms with E-state index in [1.807, 2.05) is 6.92 Å². The third-order valence-electron chi connectivity index (χ3n) is 2.79. The fraction of sp³-hybridized carbons (Fsp3) is 0.800. The van der Waals surface area contributed by atoms with Gasteiger partial charge in [0.15, 0.2) is 0 Å². The molecule has 0 bridgehead atoms. The minimum absolute atomic E-state index is 0.00293. The first-order chi connectivity index (χ1) is 7.22. The van der Waals surface area contributed by atoms with Crippen molar-refractivity contribution in [1.29, 1.82) is 5.26 Å². The fourth-order valence-electron chi connectivity index (χ4n) is 1.83. The van der Waals surface area contributed by atoms with Crippen LogP contribution in [0.5, 0.6) is 0 Å². The average molecular weight is 210 g/mol. The van der Waals surface area contributed by atoms with Crippen LogP contribution in [-0.2, 0) is 0 Å². The molecule has 0 spiro atoms. The molecule has 0 aromatic carbocycles. The summed E-state index contributed by atoms with van der Waals surface area (Å²) in [4.78, 5) is 15.2. The lowest BCUT2D eigenvalue weighted by molar-refractivity contribution is 0.124. The second kappa shape index (κ2) is 5.56. The summed E-state index contributed by atoms with van der Waals surface area (Å²) in [6, 6.07) is 2.26. The lowest BCUT2D eigenvalue weighted by Crippen LogP contribution is -2.53. The molecule has 1 aliphatic heterocycles. The number of piperazine rings is 1. The van der Waals surface area contributed by atoms with Gasteiger partial charge < -0.3 is 10.2 Å². The molecule has 1 rings (SSSR count). The number of amides is 2. The van der Waals surface area contributed by atoms with Crippen molar-refractivity contribution in [1.82, 2.24) is 15.1 Å². The minimum Gasteiger partial charge on any atom is -0.341 e. The van der Waals surface area contributed by atoms with E-state index in [2.05, 4.69) is 16.3 Å². The summed E-state index contributed by atoms with van der Waals surface area (Å²) in [5.41, 5.74) is 0. The standard InChI is InChI=1S/C10H18N4O/c1-3-9(8-11)13-4-6-14(7-5-13)10(15)12-2/h9H,3-7H2,1-2H3,(H,12,15). The second-order valence-corrected chi connectivity index (χ2v) is 3.63. The number of urea groups is 1. The third kappa shape index (κ3) is 2.83. The van der Waals surface area contributed by atoms with Crippen LogP contribution in [0.25, 0.3) is 0 Å². The first-order valence-electron chi connectivity index (χ1n) is 5.33. The van der Waals surface area contributed by atoms with E-state index < -0.39 is 0 Å². The number of rotatable bonds is 2. The van der Waals surface area contributed by atoms with E-state index in [-0.39, 0.29) is 12.1 Å². The van der Waals surface area contributed by atoms with Crippen LogP contribution >= 0.6 is 0 Å². The molecular weight excluding hydrogens is 192 g/mol. The summed E-state index contributed by atoms with van der Waals surface area (Å²) in [6.07, 6.45) is 0.844.